The fourth-order valence-electron chi connectivity index (χ4n) is 4.91. The molecule has 2 aliphatic heterocycles. The number of ether oxygens (including phenoxy) is 1. The Morgan fingerprint density at radius 3 is 2.32 bits per heavy atom. The van der Waals surface area contributed by atoms with Crippen LogP contribution in [0.4, 0.5) is 0 Å². The predicted molar refractivity (Wildman–Crippen MR) is 119 cm³/mol. The van der Waals surface area contributed by atoms with Gasteiger partial charge in [0.25, 0.3) is 0 Å². The molecule has 2 saturated heterocycles. The minimum Gasteiger partial charge on any atom is -0.481 e. The van der Waals surface area contributed by atoms with Crippen molar-refractivity contribution in [2.75, 3.05) is 18.8 Å². The van der Waals surface area contributed by atoms with Crippen molar-refractivity contribution in [1.82, 2.24) is 10.0 Å². The van der Waals surface area contributed by atoms with E-state index in [-0.39, 0.29) is 30.7 Å². The molecule has 3 N–H and O–H groups in total. The zero-order valence-electron chi connectivity index (χ0n) is 18.8. The maximum absolute atomic E-state index is 12.0. The summed E-state index contributed by atoms with van der Waals surface area (Å²) in [4.78, 5) is 22.6. The normalized spacial score (nSPS) is 25.1. The van der Waals surface area contributed by atoms with Crippen LogP contribution in [-0.4, -0.2) is 56.5 Å². The predicted octanol–water partition coefficient (Wildman–Crippen LogP) is 2.82. The van der Waals surface area contributed by atoms with Crippen LogP contribution in [0.1, 0.15) is 84.0 Å². The highest BCUT2D eigenvalue weighted by atomic mass is 32.2. The average molecular weight is 461 g/mol. The number of carboxylic acid groups (broad SMARTS) is 1. The van der Waals surface area contributed by atoms with E-state index in [9.17, 15) is 18.0 Å². The molecule has 0 radical (unpaired) electrons. The van der Waals surface area contributed by atoms with Gasteiger partial charge >= 0.3 is 5.97 Å². The number of carbonyl (C=O) groups excluding carboxylic acids is 1. The first-order valence-electron chi connectivity index (χ1n) is 11.9. The van der Waals surface area contributed by atoms with Gasteiger partial charge < -0.3 is 15.2 Å². The van der Waals surface area contributed by atoms with Gasteiger partial charge in [0.1, 0.15) is 0 Å². The Hall–Kier alpha value is -1.19. The monoisotopic (exact) mass is 460 g/mol. The first kappa shape index (κ1) is 26.1. The molecule has 2 heterocycles. The van der Waals surface area contributed by atoms with Gasteiger partial charge in [-0.2, -0.15) is 0 Å². The molecule has 0 aromatic rings. The Bertz CT molecular complexity index is 669. The Kier molecular flexibility index (Phi) is 11.2. The van der Waals surface area contributed by atoms with Crippen molar-refractivity contribution in [3.8, 4) is 0 Å². The minimum absolute atomic E-state index is 0.0641. The molecule has 2 aliphatic rings. The first-order chi connectivity index (χ1) is 14.8. The van der Waals surface area contributed by atoms with Gasteiger partial charge in [0.2, 0.25) is 15.9 Å². The van der Waals surface area contributed by atoms with Crippen LogP contribution in [0.3, 0.4) is 0 Å². The lowest BCUT2D eigenvalue weighted by Crippen LogP contribution is -2.39. The first-order valence-corrected chi connectivity index (χ1v) is 13.6. The van der Waals surface area contributed by atoms with E-state index in [1.807, 2.05) is 6.92 Å². The third kappa shape index (κ3) is 9.45. The van der Waals surface area contributed by atoms with Crippen LogP contribution < -0.4 is 10.0 Å². The third-order valence-corrected chi connectivity index (χ3v) is 7.95. The molecular formula is C22H40N2O6S. The zero-order chi connectivity index (χ0) is 22.7. The van der Waals surface area contributed by atoms with Crippen molar-refractivity contribution in [2.24, 2.45) is 11.8 Å². The lowest BCUT2D eigenvalue weighted by atomic mass is 9.75. The van der Waals surface area contributed by atoms with E-state index >= 15 is 0 Å². The van der Waals surface area contributed by atoms with Crippen molar-refractivity contribution in [2.45, 2.75) is 96.2 Å². The molecule has 2 bridgehead atoms. The van der Waals surface area contributed by atoms with Crippen molar-refractivity contribution in [3.05, 3.63) is 0 Å². The smallest absolute Gasteiger partial charge is 0.303 e. The number of nitrogens with one attached hydrogen (secondary N) is 2. The van der Waals surface area contributed by atoms with E-state index in [1.54, 1.807) is 0 Å². The maximum Gasteiger partial charge on any atom is 0.303 e. The second-order valence-corrected chi connectivity index (χ2v) is 10.9. The van der Waals surface area contributed by atoms with Crippen molar-refractivity contribution >= 4 is 21.9 Å². The molecule has 2 rings (SSSR count). The quantitative estimate of drug-likeness (QED) is 0.287. The van der Waals surface area contributed by atoms with Crippen LogP contribution in [0.25, 0.3) is 0 Å². The number of amides is 1. The van der Waals surface area contributed by atoms with Crippen molar-refractivity contribution < 1.29 is 27.9 Å². The summed E-state index contributed by atoms with van der Waals surface area (Å²) < 4.78 is 32.3. The number of unbranched alkanes of at least 4 members (excludes halogenated alkanes) is 5. The summed E-state index contributed by atoms with van der Waals surface area (Å²) in [6, 6.07) is 0. The van der Waals surface area contributed by atoms with E-state index < -0.39 is 16.0 Å². The lowest BCUT2D eigenvalue weighted by molar-refractivity contribution is -0.137. The maximum atomic E-state index is 12.0. The van der Waals surface area contributed by atoms with Crippen molar-refractivity contribution in [1.29, 1.82) is 0 Å². The summed E-state index contributed by atoms with van der Waals surface area (Å²) in [5.74, 6) is -0.0174. The van der Waals surface area contributed by atoms with E-state index in [2.05, 4.69) is 10.0 Å². The molecule has 0 spiro atoms. The van der Waals surface area contributed by atoms with Gasteiger partial charge in [-0.3, -0.25) is 9.59 Å². The molecule has 180 valence electrons. The average Bonchev–Trinajstić information content (AvgIpc) is 3.31. The van der Waals surface area contributed by atoms with Gasteiger partial charge in [0, 0.05) is 13.0 Å². The number of aliphatic carboxylic acids is 1. The molecule has 9 heteroatoms. The van der Waals surface area contributed by atoms with E-state index in [4.69, 9.17) is 9.84 Å². The number of carbonyl (C=O) groups is 2. The second-order valence-electron chi connectivity index (χ2n) is 8.95. The van der Waals surface area contributed by atoms with Crippen LogP contribution in [0.2, 0.25) is 0 Å². The topological polar surface area (TPSA) is 122 Å². The molecule has 4 atom stereocenters. The summed E-state index contributed by atoms with van der Waals surface area (Å²) in [5.41, 5.74) is 0. The largest absolute Gasteiger partial charge is 0.481 e. The number of hydrogen-bond acceptors (Lipinski definition) is 5. The Morgan fingerprint density at radius 1 is 0.968 bits per heavy atom. The number of sulfonamides is 1. The molecule has 1 amide bonds. The summed E-state index contributed by atoms with van der Waals surface area (Å²) >= 11 is 0. The Balaban J connectivity index is 1.64. The molecule has 0 saturated carbocycles. The summed E-state index contributed by atoms with van der Waals surface area (Å²) in [6.07, 6.45) is 11.2. The van der Waals surface area contributed by atoms with Gasteiger partial charge in [0.05, 0.1) is 24.5 Å². The molecule has 4 unspecified atom stereocenters. The van der Waals surface area contributed by atoms with Crippen molar-refractivity contribution in [3.63, 3.8) is 0 Å². The van der Waals surface area contributed by atoms with Crippen LogP contribution in [0.15, 0.2) is 0 Å². The van der Waals surface area contributed by atoms with Gasteiger partial charge in [-0.15, -0.1) is 0 Å². The lowest BCUT2D eigenvalue weighted by Gasteiger charge is -2.28. The summed E-state index contributed by atoms with van der Waals surface area (Å²) in [7, 11) is -3.39. The van der Waals surface area contributed by atoms with Gasteiger partial charge in [0.15, 0.2) is 0 Å². The number of hydrogen-bond donors (Lipinski definition) is 3. The zero-order valence-corrected chi connectivity index (χ0v) is 19.6. The SMILES string of the molecule is CCCCCS(=O)(=O)NCC(=O)NCCC1C2CCC(O2)C1CCCCCCC(=O)O. The molecule has 2 fully saturated rings. The Morgan fingerprint density at radius 2 is 1.65 bits per heavy atom. The van der Waals surface area contributed by atoms with E-state index in [0.717, 1.165) is 64.2 Å². The fraction of sp³-hybridized carbons (Fsp3) is 0.909. The van der Waals surface area contributed by atoms with Gasteiger partial charge in [-0.25, -0.2) is 13.1 Å². The standard InChI is InChI=1S/C22H40N2O6S/c1-2-3-8-15-31(28,29)24-16-21(25)23-14-13-18-17(19-11-12-20(18)30-19)9-6-4-5-7-10-22(26)27/h17-20,24H,2-16H2,1H3,(H,23,25)(H,26,27). The fourth-order valence-corrected chi connectivity index (χ4v) is 5.99. The third-order valence-electron chi connectivity index (χ3n) is 6.54. The van der Waals surface area contributed by atoms with Crippen LogP contribution in [0, 0.1) is 11.8 Å². The second kappa shape index (κ2) is 13.4. The van der Waals surface area contributed by atoms with E-state index in [1.165, 1.54) is 0 Å². The molecular weight excluding hydrogens is 420 g/mol. The molecule has 0 aromatic heterocycles. The number of fused-ring (bicyclic) bond motifs is 2. The van der Waals surface area contributed by atoms with Crippen LogP contribution in [0.5, 0.6) is 0 Å². The summed E-state index contributed by atoms with van der Waals surface area (Å²) in [5, 5.41) is 11.6. The molecule has 8 nitrogen and oxygen atoms in total. The minimum atomic E-state index is -3.39. The van der Waals surface area contributed by atoms with Gasteiger partial charge in [-0.1, -0.05) is 39.0 Å². The molecule has 0 aliphatic carbocycles. The molecule has 31 heavy (non-hydrogen) atoms. The Labute approximate surface area is 186 Å². The number of carboxylic acids is 1. The van der Waals surface area contributed by atoms with Crippen LogP contribution in [-0.2, 0) is 24.3 Å². The van der Waals surface area contributed by atoms with Gasteiger partial charge in [-0.05, 0) is 50.4 Å². The highest BCUT2D eigenvalue weighted by molar-refractivity contribution is 7.89. The molecule has 0 aromatic carbocycles. The van der Waals surface area contributed by atoms with Crippen LogP contribution >= 0.6 is 0 Å². The number of rotatable bonds is 17. The highest BCUT2D eigenvalue weighted by Crippen LogP contribution is 2.46. The van der Waals surface area contributed by atoms with E-state index in [0.29, 0.717) is 30.9 Å². The summed E-state index contributed by atoms with van der Waals surface area (Å²) in [6.45, 7) is 2.34. The highest BCUT2D eigenvalue weighted by Gasteiger charge is 2.47.